The van der Waals surface area contributed by atoms with Crippen LogP contribution in [0.3, 0.4) is 0 Å². The molecule has 0 aliphatic rings. The fraction of sp³-hybridized carbons (Fsp3) is 0.200. The Morgan fingerprint density at radius 1 is 1.50 bits per heavy atom. The van der Waals surface area contributed by atoms with Crippen LogP contribution in [0, 0.1) is 0 Å². The first-order valence-electron chi connectivity index (χ1n) is 4.74. The number of anilines is 1. The molecule has 0 atom stereocenters. The smallest absolute Gasteiger partial charge is 0.356 e. The van der Waals surface area contributed by atoms with Gasteiger partial charge in [-0.15, -0.1) is 0 Å². The van der Waals surface area contributed by atoms with Crippen LogP contribution in [-0.2, 0) is 6.42 Å². The largest absolute Gasteiger partial charge is 0.476 e. The molecule has 0 radical (unpaired) electrons. The number of aromatic nitrogens is 2. The summed E-state index contributed by atoms with van der Waals surface area (Å²) >= 11 is 0. The van der Waals surface area contributed by atoms with E-state index >= 15 is 0 Å². The van der Waals surface area contributed by atoms with Crippen molar-refractivity contribution in [3.63, 3.8) is 0 Å². The van der Waals surface area contributed by atoms with Gasteiger partial charge < -0.3 is 20.3 Å². The molecule has 0 amide bonds. The van der Waals surface area contributed by atoms with Gasteiger partial charge in [0.25, 0.3) is 0 Å². The topological polar surface area (TPSA) is 101 Å². The van der Waals surface area contributed by atoms with E-state index in [2.05, 4.69) is 4.98 Å². The van der Waals surface area contributed by atoms with Crippen LogP contribution in [0.2, 0.25) is 0 Å². The molecule has 2 heterocycles. The van der Waals surface area contributed by atoms with Crippen LogP contribution in [-0.4, -0.2) is 32.2 Å². The third-order valence-corrected chi connectivity index (χ3v) is 2.27. The highest BCUT2D eigenvalue weighted by molar-refractivity contribution is 5.93. The molecule has 0 aromatic carbocycles. The lowest BCUT2D eigenvalue weighted by molar-refractivity contribution is 0.0693. The van der Waals surface area contributed by atoms with Gasteiger partial charge in [-0.05, 0) is 12.1 Å². The molecule has 0 aliphatic heterocycles. The van der Waals surface area contributed by atoms with Crippen molar-refractivity contribution in [3.05, 3.63) is 29.8 Å². The van der Waals surface area contributed by atoms with Gasteiger partial charge in [-0.25, -0.2) is 9.78 Å². The van der Waals surface area contributed by atoms with Crippen LogP contribution in [0.25, 0.3) is 5.52 Å². The highest BCUT2D eigenvalue weighted by Gasteiger charge is 2.15. The van der Waals surface area contributed by atoms with Gasteiger partial charge in [-0.2, -0.15) is 0 Å². The number of aliphatic hydroxyl groups is 1. The molecule has 6 heteroatoms. The lowest BCUT2D eigenvalue weighted by Gasteiger charge is -2.00. The fourth-order valence-electron chi connectivity index (χ4n) is 1.60. The Labute approximate surface area is 91.0 Å². The normalized spacial score (nSPS) is 10.8. The molecule has 0 aliphatic carbocycles. The lowest BCUT2D eigenvalue weighted by atomic mass is 10.3. The highest BCUT2D eigenvalue weighted by Crippen LogP contribution is 2.16. The van der Waals surface area contributed by atoms with Gasteiger partial charge in [0.05, 0.1) is 12.1 Å². The van der Waals surface area contributed by atoms with Crippen molar-refractivity contribution in [2.45, 2.75) is 6.42 Å². The Morgan fingerprint density at radius 2 is 2.25 bits per heavy atom. The number of fused-ring (bicyclic) bond motifs is 1. The SMILES string of the molecule is Nc1ccc2c(C(=O)O)nc(CCO)n2c1. The van der Waals surface area contributed by atoms with Crippen LogP contribution in [0.15, 0.2) is 18.3 Å². The van der Waals surface area contributed by atoms with Crippen molar-refractivity contribution in [2.75, 3.05) is 12.3 Å². The molecule has 6 nitrogen and oxygen atoms in total. The molecule has 0 bridgehead atoms. The fourth-order valence-corrected chi connectivity index (χ4v) is 1.60. The van der Waals surface area contributed by atoms with Crippen LogP contribution >= 0.6 is 0 Å². The van der Waals surface area contributed by atoms with Crippen molar-refractivity contribution >= 4 is 17.2 Å². The van der Waals surface area contributed by atoms with Crippen molar-refractivity contribution in [1.29, 1.82) is 0 Å². The standard InChI is InChI=1S/C10H11N3O3/c11-6-1-2-7-9(10(15)16)12-8(3-4-14)13(7)5-6/h1-2,5,14H,3-4,11H2,(H,15,16). The summed E-state index contributed by atoms with van der Waals surface area (Å²) in [7, 11) is 0. The van der Waals surface area contributed by atoms with Gasteiger partial charge in [0.2, 0.25) is 0 Å². The van der Waals surface area contributed by atoms with E-state index in [1.54, 1.807) is 22.7 Å². The van der Waals surface area contributed by atoms with Crippen LogP contribution < -0.4 is 5.73 Å². The molecule has 0 unspecified atom stereocenters. The first kappa shape index (κ1) is 10.4. The maximum absolute atomic E-state index is 10.9. The Balaban J connectivity index is 2.71. The third-order valence-electron chi connectivity index (χ3n) is 2.27. The van der Waals surface area contributed by atoms with Gasteiger partial charge in [-0.3, -0.25) is 0 Å². The van der Waals surface area contributed by atoms with Crippen molar-refractivity contribution in [3.8, 4) is 0 Å². The minimum absolute atomic E-state index is 0.0246. The van der Waals surface area contributed by atoms with Crippen LogP contribution in [0.4, 0.5) is 5.69 Å². The van der Waals surface area contributed by atoms with Gasteiger partial charge in [-0.1, -0.05) is 0 Å². The summed E-state index contributed by atoms with van der Waals surface area (Å²) in [5, 5.41) is 17.8. The van der Waals surface area contributed by atoms with E-state index in [0.717, 1.165) is 0 Å². The summed E-state index contributed by atoms with van der Waals surface area (Å²) in [6.45, 7) is -0.0903. The number of imidazole rings is 1. The second-order valence-corrected chi connectivity index (χ2v) is 3.37. The summed E-state index contributed by atoms with van der Waals surface area (Å²) in [6.07, 6.45) is 1.89. The average Bonchev–Trinajstić information content (AvgIpc) is 2.58. The molecule has 2 aromatic heterocycles. The van der Waals surface area contributed by atoms with E-state index in [1.165, 1.54) is 0 Å². The summed E-state index contributed by atoms with van der Waals surface area (Å²) < 4.78 is 1.59. The molecule has 0 fully saturated rings. The van der Waals surface area contributed by atoms with E-state index < -0.39 is 5.97 Å². The zero-order chi connectivity index (χ0) is 11.7. The number of nitrogen functional groups attached to an aromatic ring is 1. The average molecular weight is 221 g/mol. The first-order chi connectivity index (χ1) is 7.63. The van der Waals surface area contributed by atoms with Crippen molar-refractivity contribution < 1.29 is 15.0 Å². The summed E-state index contributed by atoms with van der Waals surface area (Å²) in [4.78, 5) is 14.9. The number of aliphatic hydroxyl groups excluding tert-OH is 1. The summed E-state index contributed by atoms with van der Waals surface area (Å²) in [6, 6.07) is 3.22. The molecule has 2 aromatic rings. The Morgan fingerprint density at radius 3 is 2.88 bits per heavy atom. The van der Waals surface area contributed by atoms with Gasteiger partial charge in [0.15, 0.2) is 5.69 Å². The number of nitrogens with zero attached hydrogens (tertiary/aromatic N) is 2. The van der Waals surface area contributed by atoms with Crippen molar-refractivity contribution in [2.24, 2.45) is 0 Å². The molecule has 0 saturated carbocycles. The Bertz CT molecular complexity index is 547. The number of carboxylic acids is 1. The zero-order valence-electron chi connectivity index (χ0n) is 8.42. The molecular weight excluding hydrogens is 210 g/mol. The predicted molar refractivity (Wildman–Crippen MR) is 57.4 cm³/mol. The number of rotatable bonds is 3. The maximum Gasteiger partial charge on any atom is 0.356 e. The predicted octanol–water partition coefficient (Wildman–Crippen LogP) is 0.149. The summed E-state index contributed by atoms with van der Waals surface area (Å²) in [5.41, 5.74) is 6.58. The zero-order valence-corrected chi connectivity index (χ0v) is 8.42. The Hall–Kier alpha value is -2.08. The van der Waals surface area contributed by atoms with E-state index in [1.807, 2.05) is 0 Å². The van der Waals surface area contributed by atoms with Gasteiger partial charge >= 0.3 is 5.97 Å². The second kappa shape index (κ2) is 3.82. The first-order valence-corrected chi connectivity index (χ1v) is 4.74. The molecule has 84 valence electrons. The molecule has 4 N–H and O–H groups in total. The molecule has 16 heavy (non-hydrogen) atoms. The van der Waals surface area contributed by atoms with Gasteiger partial charge in [0, 0.05) is 18.3 Å². The van der Waals surface area contributed by atoms with E-state index in [4.69, 9.17) is 15.9 Å². The third kappa shape index (κ3) is 1.59. The quantitative estimate of drug-likeness (QED) is 0.684. The number of nitrogens with two attached hydrogens (primary N) is 1. The monoisotopic (exact) mass is 221 g/mol. The second-order valence-electron chi connectivity index (χ2n) is 3.37. The molecule has 0 saturated heterocycles. The summed E-state index contributed by atoms with van der Waals surface area (Å²) in [5.74, 6) is -0.603. The number of hydrogen-bond donors (Lipinski definition) is 3. The molecule has 0 spiro atoms. The maximum atomic E-state index is 10.9. The number of pyridine rings is 1. The van der Waals surface area contributed by atoms with Crippen LogP contribution in [0.1, 0.15) is 16.3 Å². The molecule has 2 rings (SSSR count). The van der Waals surface area contributed by atoms with E-state index in [-0.39, 0.29) is 18.7 Å². The molecular formula is C10H11N3O3. The minimum Gasteiger partial charge on any atom is -0.476 e. The van der Waals surface area contributed by atoms with E-state index in [9.17, 15) is 4.79 Å². The number of carbonyl (C=O) groups is 1. The Kier molecular flexibility index (Phi) is 2.49. The van der Waals surface area contributed by atoms with E-state index in [0.29, 0.717) is 17.0 Å². The van der Waals surface area contributed by atoms with Gasteiger partial charge in [0.1, 0.15) is 5.82 Å². The number of aromatic carboxylic acids is 1. The van der Waals surface area contributed by atoms with Crippen molar-refractivity contribution in [1.82, 2.24) is 9.38 Å². The lowest BCUT2D eigenvalue weighted by Crippen LogP contribution is -1.99. The van der Waals surface area contributed by atoms with Crippen LogP contribution in [0.5, 0.6) is 0 Å². The minimum atomic E-state index is -1.09. The highest BCUT2D eigenvalue weighted by atomic mass is 16.4. The number of hydrogen-bond acceptors (Lipinski definition) is 4. The number of carboxylic acid groups (broad SMARTS) is 1.